The maximum Gasteiger partial charge on any atom is 0.111 e. The van der Waals surface area contributed by atoms with Crippen LogP contribution in [0, 0.1) is 29.6 Å². The van der Waals surface area contributed by atoms with E-state index in [-0.39, 0.29) is 0 Å². The molecule has 14 heavy (non-hydrogen) atoms. The highest BCUT2D eigenvalue weighted by Crippen LogP contribution is 2.61. The van der Waals surface area contributed by atoms with Crippen LogP contribution in [0.15, 0.2) is 0 Å². The van der Waals surface area contributed by atoms with Gasteiger partial charge in [0.15, 0.2) is 0 Å². The van der Waals surface area contributed by atoms with E-state index < -0.39 is 5.67 Å². The van der Waals surface area contributed by atoms with Crippen molar-refractivity contribution in [1.29, 1.82) is 0 Å². The quantitative estimate of drug-likeness (QED) is 0.598. The minimum absolute atomic E-state index is 0.728. The second-order valence-corrected chi connectivity index (χ2v) is 6.44. The Balaban J connectivity index is 1.89. The third kappa shape index (κ3) is 1.17. The van der Waals surface area contributed by atoms with Crippen LogP contribution in [0.25, 0.3) is 0 Å². The van der Waals surface area contributed by atoms with E-state index in [0.717, 1.165) is 48.9 Å². The van der Waals surface area contributed by atoms with Crippen molar-refractivity contribution in [1.82, 2.24) is 0 Å². The lowest BCUT2D eigenvalue weighted by atomic mass is 9.49. The molecule has 0 N–H and O–H groups in total. The largest absolute Gasteiger partial charge is 0.244 e. The van der Waals surface area contributed by atoms with Gasteiger partial charge in [-0.3, -0.25) is 0 Å². The van der Waals surface area contributed by atoms with Crippen molar-refractivity contribution in [2.24, 2.45) is 29.6 Å². The van der Waals surface area contributed by atoms with Crippen LogP contribution in [-0.4, -0.2) is 5.67 Å². The average Bonchev–Trinajstić information content (AvgIpc) is 1.97. The molecule has 0 aromatic rings. The van der Waals surface area contributed by atoms with Crippen molar-refractivity contribution in [3.63, 3.8) is 0 Å². The van der Waals surface area contributed by atoms with Crippen LogP contribution >= 0.6 is 0 Å². The van der Waals surface area contributed by atoms with E-state index in [9.17, 15) is 4.39 Å². The minimum atomic E-state index is -0.734. The Morgan fingerprint density at radius 2 is 1.64 bits per heavy atom. The summed E-state index contributed by atoms with van der Waals surface area (Å²) in [6, 6.07) is 0. The zero-order chi connectivity index (χ0) is 9.92. The van der Waals surface area contributed by atoms with E-state index in [4.69, 9.17) is 0 Å². The molecule has 0 saturated heterocycles. The fraction of sp³-hybridized carbons (Fsp3) is 1.00. The van der Waals surface area contributed by atoms with E-state index >= 15 is 0 Å². The first-order valence-electron chi connectivity index (χ1n) is 6.26. The van der Waals surface area contributed by atoms with Crippen LogP contribution < -0.4 is 0 Å². The molecule has 0 amide bonds. The van der Waals surface area contributed by atoms with E-state index in [2.05, 4.69) is 13.8 Å². The van der Waals surface area contributed by atoms with Crippen LogP contribution in [-0.2, 0) is 0 Å². The van der Waals surface area contributed by atoms with Crippen LogP contribution in [0.3, 0.4) is 0 Å². The topological polar surface area (TPSA) is 0 Å². The van der Waals surface area contributed by atoms with Crippen molar-refractivity contribution in [2.45, 2.75) is 51.6 Å². The zero-order valence-corrected chi connectivity index (χ0v) is 9.30. The maximum absolute atomic E-state index is 14.3. The SMILES string of the molecule is CC(C)C1C2CC3CC1CC(F)(C3)C2. The molecule has 0 radical (unpaired) electrons. The minimum Gasteiger partial charge on any atom is -0.244 e. The van der Waals surface area contributed by atoms with E-state index in [1.165, 1.54) is 12.8 Å². The summed E-state index contributed by atoms with van der Waals surface area (Å²) in [5.74, 6) is 3.81. The van der Waals surface area contributed by atoms with Crippen molar-refractivity contribution < 1.29 is 4.39 Å². The third-order valence-electron chi connectivity index (χ3n) is 5.04. The van der Waals surface area contributed by atoms with Gasteiger partial charge in [0.05, 0.1) is 0 Å². The third-order valence-corrected chi connectivity index (χ3v) is 5.04. The molecule has 0 spiro atoms. The summed E-state index contributed by atoms with van der Waals surface area (Å²) < 4.78 is 14.3. The highest BCUT2D eigenvalue weighted by atomic mass is 19.1. The van der Waals surface area contributed by atoms with Gasteiger partial charge >= 0.3 is 0 Å². The summed E-state index contributed by atoms with van der Waals surface area (Å²) in [6.07, 6.45) is 5.35. The Bertz CT molecular complexity index is 230. The Labute approximate surface area is 86.3 Å². The lowest BCUT2D eigenvalue weighted by Gasteiger charge is -2.58. The van der Waals surface area contributed by atoms with Gasteiger partial charge in [0.2, 0.25) is 0 Å². The molecular formula is C13H21F. The molecule has 4 saturated carbocycles. The standard InChI is InChI=1S/C13H21F/c1-8(2)12-10-3-9-4-11(12)7-13(14,5-9)6-10/h8-12H,3-7H2,1-2H3. The molecule has 0 nitrogen and oxygen atoms in total. The summed E-state index contributed by atoms with van der Waals surface area (Å²) in [6.45, 7) is 4.66. The van der Waals surface area contributed by atoms with Crippen LogP contribution in [0.1, 0.15) is 46.0 Å². The number of hydrogen-bond acceptors (Lipinski definition) is 0. The molecule has 4 rings (SSSR count). The van der Waals surface area contributed by atoms with Gasteiger partial charge in [0.1, 0.15) is 5.67 Å². The van der Waals surface area contributed by atoms with Gasteiger partial charge in [-0.25, -0.2) is 4.39 Å². The fourth-order valence-corrected chi connectivity index (χ4v) is 5.05. The van der Waals surface area contributed by atoms with Gasteiger partial charge in [0.25, 0.3) is 0 Å². The molecule has 4 aliphatic rings. The average molecular weight is 196 g/mol. The maximum atomic E-state index is 14.3. The summed E-state index contributed by atoms with van der Waals surface area (Å²) in [7, 11) is 0. The number of rotatable bonds is 1. The molecule has 4 bridgehead atoms. The number of alkyl halides is 1. The van der Waals surface area contributed by atoms with E-state index in [1.807, 2.05) is 0 Å². The highest BCUT2D eigenvalue weighted by Gasteiger charge is 2.56. The Kier molecular flexibility index (Phi) is 1.79. The van der Waals surface area contributed by atoms with Gasteiger partial charge in [-0.1, -0.05) is 13.8 Å². The van der Waals surface area contributed by atoms with Gasteiger partial charge in [-0.2, -0.15) is 0 Å². The van der Waals surface area contributed by atoms with Crippen LogP contribution in [0.4, 0.5) is 4.39 Å². The normalized spacial score (nSPS) is 55.7. The van der Waals surface area contributed by atoms with Crippen LogP contribution in [0.5, 0.6) is 0 Å². The van der Waals surface area contributed by atoms with E-state index in [1.54, 1.807) is 0 Å². The lowest BCUT2D eigenvalue weighted by molar-refractivity contribution is -0.121. The van der Waals surface area contributed by atoms with Gasteiger partial charge < -0.3 is 0 Å². The summed E-state index contributed by atoms with van der Waals surface area (Å²) in [5, 5.41) is 0. The van der Waals surface area contributed by atoms with Crippen molar-refractivity contribution >= 4 is 0 Å². The predicted octanol–water partition coefficient (Wildman–Crippen LogP) is 3.81. The van der Waals surface area contributed by atoms with E-state index in [0.29, 0.717) is 0 Å². The number of halogens is 1. The molecule has 0 heterocycles. The Hall–Kier alpha value is -0.0700. The molecule has 4 fully saturated rings. The zero-order valence-electron chi connectivity index (χ0n) is 9.30. The number of hydrogen-bond donors (Lipinski definition) is 0. The first-order chi connectivity index (χ1) is 6.57. The lowest BCUT2D eigenvalue weighted by Crippen LogP contribution is -2.53. The van der Waals surface area contributed by atoms with Gasteiger partial charge in [0, 0.05) is 0 Å². The van der Waals surface area contributed by atoms with Crippen molar-refractivity contribution in [2.75, 3.05) is 0 Å². The highest BCUT2D eigenvalue weighted by molar-refractivity contribution is 5.06. The first kappa shape index (κ1) is 9.18. The fourth-order valence-electron chi connectivity index (χ4n) is 5.05. The smallest absolute Gasteiger partial charge is 0.111 e. The molecule has 2 atom stereocenters. The molecule has 0 aromatic heterocycles. The van der Waals surface area contributed by atoms with Crippen molar-refractivity contribution in [3.05, 3.63) is 0 Å². The Morgan fingerprint density at radius 1 is 1.07 bits per heavy atom. The molecule has 0 aromatic carbocycles. The van der Waals surface area contributed by atoms with Crippen LogP contribution in [0.2, 0.25) is 0 Å². The van der Waals surface area contributed by atoms with Crippen molar-refractivity contribution in [3.8, 4) is 0 Å². The summed E-state index contributed by atoms with van der Waals surface area (Å²) >= 11 is 0. The first-order valence-corrected chi connectivity index (χ1v) is 6.26. The molecule has 4 aliphatic carbocycles. The molecule has 1 heteroatoms. The van der Waals surface area contributed by atoms with Gasteiger partial charge in [-0.05, 0) is 61.7 Å². The second-order valence-electron chi connectivity index (χ2n) is 6.44. The second kappa shape index (κ2) is 2.74. The molecule has 0 aliphatic heterocycles. The predicted molar refractivity (Wildman–Crippen MR) is 55.7 cm³/mol. The Morgan fingerprint density at radius 3 is 2.07 bits per heavy atom. The van der Waals surface area contributed by atoms with Gasteiger partial charge in [-0.15, -0.1) is 0 Å². The molecule has 2 unspecified atom stereocenters. The summed E-state index contributed by atoms with van der Waals surface area (Å²) in [4.78, 5) is 0. The molecule has 80 valence electrons. The summed E-state index contributed by atoms with van der Waals surface area (Å²) in [5.41, 5.74) is -0.734. The monoisotopic (exact) mass is 196 g/mol. The molecular weight excluding hydrogens is 175 g/mol.